The monoisotopic (exact) mass is 281 g/mol. The Hall–Kier alpha value is -0.520. The van der Waals surface area contributed by atoms with Gasteiger partial charge in [0.2, 0.25) is 0 Å². The Morgan fingerprint density at radius 2 is 2.47 bits per heavy atom. The van der Waals surface area contributed by atoms with Crippen molar-refractivity contribution in [3.05, 3.63) is 17.5 Å². The normalized spacial score (nSPS) is 32.9. The summed E-state index contributed by atoms with van der Waals surface area (Å²) < 4.78 is 7.99. The minimum Gasteiger partial charge on any atom is -0.374 e. The lowest BCUT2D eigenvalue weighted by Gasteiger charge is -2.40. The molecule has 2 aliphatic rings. The summed E-state index contributed by atoms with van der Waals surface area (Å²) in [5.41, 5.74) is 9.02. The summed E-state index contributed by atoms with van der Waals surface area (Å²) in [6.45, 7) is 2.96. The smallest absolute Gasteiger partial charge is 0.0783 e. The Morgan fingerprint density at radius 1 is 1.63 bits per heavy atom. The molecule has 3 atom stereocenters. The van der Waals surface area contributed by atoms with Crippen molar-refractivity contribution in [2.24, 2.45) is 18.7 Å². The van der Waals surface area contributed by atoms with E-state index < -0.39 is 0 Å². The lowest BCUT2D eigenvalue weighted by Crippen LogP contribution is -2.42. The van der Waals surface area contributed by atoms with Crippen LogP contribution in [0, 0.1) is 12.8 Å². The number of aromatic nitrogens is 2. The first-order valence-electron chi connectivity index (χ1n) is 7.07. The van der Waals surface area contributed by atoms with Gasteiger partial charge in [0, 0.05) is 36.7 Å². The highest BCUT2D eigenvalue weighted by Crippen LogP contribution is 2.43. The van der Waals surface area contributed by atoms with Crippen LogP contribution in [0.25, 0.3) is 0 Å². The molecule has 0 aliphatic carbocycles. The zero-order chi connectivity index (χ0) is 13.5. The van der Waals surface area contributed by atoms with Crippen LogP contribution in [0.15, 0.2) is 6.20 Å². The van der Waals surface area contributed by atoms with Crippen LogP contribution in [0.1, 0.15) is 36.6 Å². The Labute approximate surface area is 119 Å². The number of hydrogen-bond donors (Lipinski definition) is 1. The summed E-state index contributed by atoms with van der Waals surface area (Å²) in [7, 11) is 1.98. The van der Waals surface area contributed by atoms with E-state index in [1.807, 2.05) is 29.7 Å². The standard InChI is InChI=1S/C14H23N3OS/c1-10-12(8-16-17(10)2)13(15)11-3-5-18-14(7-11)4-6-19-9-14/h8,11,13H,3-7,9,15H2,1-2H3. The van der Waals surface area contributed by atoms with E-state index in [-0.39, 0.29) is 11.6 Å². The average Bonchev–Trinajstić information content (AvgIpc) is 2.98. The number of ether oxygens (including phenoxy) is 1. The van der Waals surface area contributed by atoms with Gasteiger partial charge in [0.1, 0.15) is 0 Å². The van der Waals surface area contributed by atoms with Gasteiger partial charge in [-0.15, -0.1) is 0 Å². The third-order valence-electron chi connectivity index (χ3n) is 4.74. The predicted octanol–water partition coefficient (Wildman–Crippen LogP) is 2.03. The summed E-state index contributed by atoms with van der Waals surface area (Å²) in [5, 5.41) is 4.32. The van der Waals surface area contributed by atoms with E-state index in [1.54, 1.807) is 0 Å². The fourth-order valence-corrected chi connectivity index (χ4v) is 4.71. The van der Waals surface area contributed by atoms with E-state index in [4.69, 9.17) is 10.5 Å². The molecule has 2 N–H and O–H groups in total. The van der Waals surface area contributed by atoms with Crippen LogP contribution in [0.3, 0.4) is 0 Å². The summed E-state index contributed by atoms with van der Waals surface area (Å²) >= 11 is 2.01. The molecule has 0 radical (unpaired) electrons. The van der Waals surface area contributed by atoms with Crippen molar-refractivity contribution in [1.82, 2.24) is 9.78 Å². The van der Waals surface area contributed by atoms with Gasteiger partial charge in [-0.05, 0) is 37.9 Å². The SMILES string of the molecule is Cc1c(C(N)C2CCOC3(CCSC3)C2)cnn1C. The lowest BCUT2D eigenvalue weighted by molar-refractivity contribution is -0.0834. The lowest BCUT2D eigenvalue weighted by atomic mass is 9.79. The molecule has 19 heavy (non-hydrogen) atoms. The largest absolute Gasteiger partial charge is 0.374 e. The molecule has 2 fully saturated rings. The van der Waals surface area contributed by atoms with E-state index >= 15 is 0 Å². The molecule has 1 spiro atoms. The first-order valence-corrected chi connectivity index (χ1v) is 8.23. The fourth-order valence-electron chi connectivity index (χ4n) is 3.33. The number of aryl methyl sites for hydroxylation is 1. The first kappa shape index (κ1) is 13.5. The van der Waals surface area contributed by atoms with E-state index in [0.29, 0.717) is 5.92 Å². The molecule has 0 aromatic carbocycles. The summed E-state index contributed by atoms with van der Waals surface area (Å²) in [4.78, 5) is 0. The molecule has 2 aliphatic heterocycles. The van der Waals surface area contributed by atoms with Crippen LogP contribution in [0.2, 0.25) is 0 Å². The summed E-state index contributed by atoms with van der Waals surface area (Å²) in [5.74, 6) is 2.89. The van der Waals surface area contributed by atoms with Crippen molar-refractivity contribution >= 4 is 11.8 Å². The predicted molar refractivity (Wildman–Crippen MR) is 78.2 cm³/mol. The van der Waals surface area contributed by atoms with Gasteiger partial charge in [-0.2, -0.15) is 16.9 Å². The van der Waals surface area contributed by atoms with Crippen LogP contribution in [-0.4, -0.2) is 33.5 Å². The molecule has 3 unspecified atom stereocenters. The molecular weight excluding hydrogens is 258 g/mol. The van der Waals surface area contributed by atoms with E-state index in [9.17, 15) is 0 Å². The second kappa shape index (κ2) is 5.11. The van der Waals surface area contributed by atoms with Gasteiger partial charge < -0.3 is 10.5 Å². The van der Waals surface area contributed by atoms with Crippen LogP contribution in [0.5, 0.6) is 0 Å². The topological polar surface area (TPSA) is 53.1 Å². The molecule has 5 heteroatoms. The van der Waals surface area contributed by atoms with Gasteiger partial charge in [-0.1, -0.05) is 0 Å². The Kier molecular flexibility index (Phi) is 3.62. The van der Waals surface area contributed by atoms with Crippen molar-refractivity contribution in [3.8, 4) is 0 Å². The molecule has 106 valence electrons. The third kappa shape index (κ3) is 2.43. The number of thioether (sulfide) groups is 1. The maximum Gasteiger partial charge on any atom is 0.0783 e. The Bertz CT molecular complexity index is 454. The van der Waals surface area contributed by atoms with Gasteiger partial charge >= 0.3 is 0 Å². The molecule has 0 saturated carbocycles. The van der Waals surface area contributed by atoms with Crippen LogP contribution in [-0.2, 0) is 11.8 Å². The number of hydrogen-bond acceptors (Lipinski definition) is 4. The van der Waals surface area contributed by atoms with Crippen molar-refractivity contribution < 1.29 is 4.74 Å². The van der Waals surface area contributed by atoms with E-state index in [0.717, 1.165) is 25.2 Å². The molecule has 0 amide bonds. The Morgan fingerprint density at radius 3 is 3.11 bits per heavy atom. The molecule has 1 aromatic heterocycles. The fraction of sp³-hybridized carbons (Fsp3) is 0.786. The highest BCUT2D eigenvalue weighted by Gasteiger charge is 2.42. The number of rotatable bonds is 2. The van der Waals surface area contributed by atoms with Crippen LogP contribution >= 0.6 is 11.8 Å². The average molecular weight is 281 g/mol. The molecule has 2 saturated heterocycles. The maximum absolute atomic E-state index is 6.52. The Balaban J connectivity index is 1.76. The van der Waals surface area contributed by atoms with Gasteiger partial charge in [0.25, 0.3) is 0 Å². The quantitative estimate of drug-likeness (QED) is 0.901. The molecular formula is C14H23N3OS. The second-order valence-corrected chi connectivity index (χ2v) is 7.03. The van der Waals surface area contributed by atoms with Gasteiger partial charge in [-0.3, -0.25) is 4.68 Å². The molecule has 4 nitrogen and oxygen atoms in total. The maximum atomic E-state index is 6.52. The van der Waals surface area contributed by atoms with Crippen LogP contribution < -0.4 is 5.73 Å². The molecule has 1 aromatic rings. The van der Waals surface area contributed by atoms with Gasteiger partial charge in [-0.25, -0.2) is 0 Å². The zero-order valence-electron chi connectivity index (χ0n) is 11.8. The molecule has 0 bridgehead atoms. The molecule has 3 heterocycles. The minimum absolute atomic E-state index is 0.0973. The van der Waals surface area contributed by atoms with E-state index in [1.165, 1.54) is 23.4 Å². The van der Waals surface area contributed by atoms with Crippen molar-refractivity contribution in [2.75, 3.05) is 18.1 Å². The zero-order valence-corrected chi connectivity index (χ0v) is 12.6. The molecule has 3 rings (SSSR count). The highest BCUT2D eigenvalue weighted by molar-refractivity contribution is 7.99. The second-order valence-electron chi connectivity index (χ2n) is 5.92. The number of nitrogens with zero attached hydrogens (tertiary/aromatic N) is 2. The first-order chi connectivity index (χ1) is 9.11. The third-order valence-corrected chi connectivity index (χ3v) is 5.96. The van der Waals surface area contributed by atoms with Crippen LogP contribution in [0.4, 0.5) is 0 Å². The van der Waals surface area contributed by atoms with Crippen molar-refractivity contribution in [2.45, 2.75) is 37.8 Å². The van der Waals surface area contributed by atoms with Crippen molar-refractivity contribution in [1.29, 1.82) is 0 Å². The highest BCUT2D eigenvalue weighted by atomic mass is 32.2. The van der Waals surface area contributed by atoms with Crippen molar-refractivity contribution in [3.63, 3.8) is 0 Å². The number of nitrogens with two attached hydrogens (primary N) is 1. The van der Waals surface area contributed by atoms with E-state index in [2.05, 4.69) is 12.0 Å². The summed E-state index contributed by atoms with van der Waals surface area (Å²) in [6.07, 6.45) is 5.30. The van der Waals surface area contributed by atoms with Gasteiger partial charge in [0.15, 0.2) is 0 Å². The summed E-state index contributed by atoms with van der Waals surface area (Å²) in [6, 6.07) is 0.0973. The minimum atomic E-state index is 0.0973. The van der Waals surface area contributed by atoms with Gasteiger partial charge in [0.05, 0.1) is 11.8 Å².